The molecule has 1 fully saturated rings. The summed E-state index contributed by atoms with van der Waals surface area (Å²) in [6, 6.07) is 0.521. The second-order valence-electron chi connectivity index (χ2n) is 6.73. The number of nitrogens with one attached hydrogen (secondary N) is 1. The van der Waals surface area contributed by atoms with Crippen molar-refractivity contribution < 1.29 is 0 Å². The van der Waals surface area contributed by atoms with Crippen molar-refractivity contribution in [2.24, 2.45) is 11.3 Å². The molecule has 1 N–H and O–H groups in total. The number of hydrogen-bond donors (Lipinski definition) is 1. The summed E-state index contributed by atoms with van der Waals surface area (Å²) in [6.45, 7) is 8.13. The minimum Gasteiger partial charge on any atom is -0.309 e. The average Bonchev–Trinajstić information content (AvgIpc) is 3.00. The molecule has 1 atom stereocenters. The second kappa shape index (κ2) is 7.42. The molecule has 1 aliphatic carbocycles. The summed E-state index contributed by atoms with van der Waals surface area (Å²) in [4.78, 5) is 0. The molecule has 0 bridgehead atoms. The molecule has 1 aliphatic rings. The first-order valence-corrected chi connectivity index (χ1v) is 9.77. The molecule has 1 aromatic rings. The zero-order valence-corrected chi connectivity index (χ0v) is 15.4. The van der Waals surface area contributed by atoms with E-state index in [1.807, 2.05) is 11.3 Å². The third-order valence-electron chi connectivity index (χ3n) is 4.58. The van der Waals surface area contributed by atoms with E-state index in [2.05, 4.69) is 52.8 Å². The lowest BCUT2D eigenvalue weighted by molar-refractivity contribution is 0.155. The Morgan fingerprint density at radius 3 is 2.50 bits per heavy atom. The Kier molecular flexibility index (Phi) is 6.12. The van der Waals surface area contributed by atoms with E-state index in [-0.39, 0.29) is 0 Å². The molecular weight excluding hydrogens is 330 g/mol. The molecule has 2 rings (SSSR count). The molecule has 114 valence electrons. The van der Waals surface area contributed by atoms with Crippen molar-refractivity contribution >= 4 is 27.3 Å². The van der Waals surface area contributed by atoms with Crippen LogP contribution in [-0.2, 0) is 0 Å². The first-order chi connectivity index (χ1) is 9.59. The smallest absolute Gasteiger partial charge is 0.0396 e. The Labute approximate surface area is 136 Å². The van der Waals surface area contributed by atoms with Crippen LogP contribution in [0.3, 0.4) is 0 Å². The molecule has 1 nitrogen and oxygen atoms in total. The van der Waals surface area contributed by atoms with Gasteiger partial charge in [0.2, 0.25) is 0 Å². The Morgan fingerprint density at radius 1 is 1.30 bits per heavy atom. The number of hydrogen-bond acceptors (Lipinski definition) is 2. The van der Waals surface area contributed by atoms with Gasteiger partial charge in [0.15, 0.2) is 0 Å². The monoisotopic (exact) mass is 357 g/mol. The van der Waals surface area contributed by atoms with Crippen LogP contribution >= 0.6 is 27.3 Å². The summed E-state index contributed by atoms with van der Waals surface area (Å²) in [5, 5.41) is 8.45. The predicted octanol–water partition coefficient (Wildman–Crippen LogP) is 6.16. The standard InChI is InChI=1S/C17H28BrNS/c1-4-9-19-16(14-11-20-12-15(14)18)17(10-13(2)3)7-5-6-8-17/h11-13,16,19H,4-10H2,1-3H3. The molecular formula is C17H28BrNS. The lowest BCUT2D eigenvalue weighted by atomic mass is 9.70. The van der Waals surface area contributed by atoms with Gasteiger partial charge in [-0.05, 0) is 70.4 Å². The third kappa shape index (κ3) is 3.66. The van der Waals surface area contributed by atoms with Crippen molar-refractivity contribution in [2.75, 3.05) is 6.54 Å². The summed E-state index contributed by atoms with van der Waals surface area (Å²) in [5.41, 5.74) is 1.96. The van der Waals surface area contributed by atoms with Gasteiger partial charge >= 0.3 is 0 Å². The summed E-state index contributed by atoms with van der Waals surface area (Å²) in [5.74, 6) is 0.774. The molecule has 1 saturated carbocycles. The van der Waals surface area contributed by atoms with E-state index in [1.54, 1.807) is 0 Å². The normalized spacial score (nSPS) is 19.6. The van der Waals surface area contributed by atoms with Crippen LogP contribution in [0.15, 0.2) is 15.2 Å². The molecule has 0 saturated heterocycles. The van der Waals surface area contributed by atoms with Crippen molar-refractivity contribution in [3.05, 3.63) is 20.8 Å². The van der Waals surface area contributed by atoms with E-state index in [0.29, 0.717) is 11.5 Å². The zero-order chi connectivity index (χ0) is 14.6. The third-order valence-corrected chi connectivity index (χ3v) is 6.33. The minimum absolute atomic E-state index is 0.465. The largest absolute Gasteiger partial charge is 0.309 e. The Bertz CT molecular complexity index is 407. The molecule has 0 spiro atoms. The van der Waals surface area contributed by atoms with Crippen LogP contribution < -0.4 is 5.32 Å². The van der Waals surface area contributed by atoms with Crippen molar-refractivity contribution in [3.8, 4) is 0 Å². The molecule has 20 heavy (non-hydrogen) atoms. The molecule has 0 amide bonds. The molecule has 0 radical (unpaired) electrons. The summed E-state index contributed by atoms with van der Waals surface area (Å²) >= 11 is 5.58. The van der Waals surface area contributed by atoms with Gasteiger partial charge in [-0.3, -0.25) is 0 Å². The predicted molar refractivity (Wildman–Crippen MR) is 93.4 cm³/mol. The van der Waals surface area contributed by atoms with E-state index in [1.165, 1.54) is 48.6 Å². The fraction of sp³-hybridized carbons (Fsp3) is 0.765. The van der Waals surface area contributed by atoms with E-state index in [4.69, 9.17) is 0 Å². The van der Waals surface area contributed by atoms with Crippen LogP contribution in [0.2, 0.25) is 0 Å². The van der Waals surface area contributed by atoms with Crippen LogP contribution in [-0.4, -0.2) is 6.54 Å². The molecule has 3 heteroatoms. The van der Waals surface area contributed by atoms with Crippen LogP contribution in [0.4, 0.5) is 0 Å². The lowest BCUT2D eigenvalue weighted by Gasteiger charge is -2.40. The van der Waals surface area contributed by atoms with Crippen LogP contribution in [0.5, 0.6) is 0 Å². The highest BCUT2D eigenvalue weighted by atomic mass is 79.9. The van der Waals surface area contributed by atoms with Crippen LogP contribution in [0.25, 0.3) is 0 Å². The van der Waals surface area contributed by atoms with Gasteiger partial charge in [-0.2, -0.15) is 11.3 Å². The van der Waals surface area contributed by atoms with Gasteiger partial charge in [-0.15, -0.1) is 0 Å². The maximum Gasteiger partial charge on any atom is 0.0396 e. The highest BCUT2D eigenvalue weighted by molar-refractivity contribution is 9.10. The van der Waals surface area contributed by atoms with E-state index in [9.17, 15) is 0 Å². The quantitative estimate of drug-likeness (QED) is 0.616. The maximum absolute atomic E-state index is 3.88. The van der Waals surface area contributed by atoms with Gasteiger partial charge in [-0.1, -0.05) is 33.6 Å². The summed E-state index contributed by atoms with van der Waals surface area (Å²) < 4.78 is 1.30. The van der Waals surface area contributed by atoms with Crippen molar-refractivity contribution in [1.82, 2.24) is 5.32 Å². The fourth-order valence-electron chi connectivity index (χ4n) is 3.95. The first-order valence-electron chi connectivity index (χ1n) is 8.04. The van der Waals surface area contributed by atoms with Gasteiger partial charge < -0.3 is 5.32 Å². The molecule has 1 heterocycles. The van der Waals surface area contributed by atoms with E-state index in [0.717, 1.165) is 12.5 Å². The highest BCUT2D eigenvalue weighted by Gasteiger charge is 2.42. The van der Waals surface area contributed by atoms with Crippen LogP contribution in [0, 0.1) is 11.3 Å². The molecule has 1 aromatic heterocycles. The topological polar surface area (TPSA) is 12.0 Å². The Hall–Kier alpha value is 0.140. The maximum atomic E-state index is 3.88. The van der Waals surface area contributed by atoms with Gasteiger partial charge in [0.1, 0.15) is 0 Å². The zero-order valence-electron chi connectivity index (χ0n) is 13.0. The lowest BCUT2D eigenvalue weighted by Crippen LogP contribution is -2.38. The summed E-state index contributed by atoms with van der Waals surface area (Å²) in [7, 11) is 0. The van der Waals surface area contributed by atoms with Crippen molar-refractivity contribution in [1.29, 1.82) is 0 Å². The van der Waals surface area contributed by atoms with E-state index >= 15 is 0 Å². The average molecular weight is 358 g/mol. The number of rotatable bonds is 7. The van der Waals surface area contributed by atoms with E-state index < -0.39 is 0 Å². The first kappa shape index (κ1) is 16.5. The number of halogens is 1. The van der Waals surface area contributed by atoms with Crippen molar-refractivity contribution in [3.63, 3.8) is 0 Å². The second-order valence-corrected chi connectivity index (χ2v) is 8.33. The minimum atomic E-state index is 0.465. The van der Waals surface area contributed by atoms with Gasteiger partial charge in [0, 0.05) is 15.9 Å². The van der Waals surface area contributed by atoms with Gasteiger partial charge in [0.05, 0.1) is 0 Å². The van der Waals surface area contributed by atoms with Gasteiger partial charge in [0.25, 0.3) is 0 Å². The Balaban J connectivity index is 2.29. The fourth-order valence-corrected chi connectivity index (χ4v) is 5.50. The molecule has 1 unspecified atom stereocenters. The Morgan fingerprint density at radius 2 is 2.00 bits per heavy atom. The summed E-state index contributed by atoms with van der Waals surface area (Å²) in [6.07, 6.45) is 8.12. The highest BCUT2D eigenvalue weighted by Crippen LogP contribution is 2.53. The van der Waals surface area contributed by atoms with Crippen molar-refractivity contribution in [2.45, 2.75) is 65.3 Å². The molecule has 0 aliphatic heterocycles. The SMILES string of the molecule is CCCNC(c1cscc1Br)C1(CC(C)C)CCCC1. The van der Waals surface area contributed by atoms with Crippen LogP contribution in [0.1, 0.15) is 70.9 Å². The number of thiophene rings is 1. The molecule has 0 aromatic carbocycles. The van der Waals surface area contributed by atoms with Gasteiger partial charge in [-0.25, -0.2) is 0 Å².